The van der Waals surface area contributed by atoms with Crippen molar-refractivity contribution >= 4 is 11.6 Å². The fraction of sp³-hybridized carbons (Fsp3) is 0.632. The number of nitrogens with zero attached hydrogens (tertiary/aromatic N) is 2. The van der Waals surface area contributed by atoms with Gasteiger partial charge in [0.25, 0.3) is 0 Å². The molecule has 1 saturated heterocycles. The number of hydrogen-bond donors (Lipinski definition) is 1. The molecule has 0 spiro atoms. The molecular formula is C19H31N3O. The Kier molecular flexibility index (Phi) is 6.90. The van der Waals surface area contributed by atoms with E-state index in [0.29, 0.717) is 12.3 Å². The number of amides is 1. The van der Waals surface area contributed by atoms with Gasteiger partial charge < -0.3 is 15.1 Å². The Hall–Kier alpha value is -1.55. The number of piperazine rings is 1. The Bertz CT molecular complexity index is 493. The summed E-state index contributed by atoms with van der Waals surface area (Å²) in [5, 5.41) is 3.37. The molecule has 0 atom stereocenters. The second-order valence-electron chi connectivity index (χ2n) is 6.89. The van der Waals surface area contributed by atoms with E-state index in [9.17, 15) is 4.79 Å². The molecule has 1 N–H and O–H groups in total. The normalized spacial score (nSPS) is 15.3. The highest BCUT2D eigenvalue weighted by molar-refractivity contribution is 5.76. The van der Waals surface area contributed by atoms with Gasteiger partial charge in [0.15, 0.2) is 0 Å². The van der Waals surface area contributed by atoms with Crippen LogP contribution < -0.4 is 10.2 Å². The van der Waals surface area contributed by atoms with E-state index in [4.69, 9.17) is 0 Å². The van der Waals surface area contributed by atoms with Crippen LogP contribution in [0.4, 0.5) is 5.69 Å². The molecule has 0 aromatic heterocycles. The van der Waals surface area contributed by atoms with Crippen molar-refractivity contribution in [1.29, 1.82) is 0 Å². The molecule has 2 rings (SSSR count). The Morgan fingerprint density at radius 1 is 1.17 bits per heavy atom. The first kappa shape index (κ1) is 17.8. The molecule has 0 radical (unpaired) electrons. The molecule has 0 saturated carbocycles. The molecule has 1 aliphatic rings. The summed E-state index contributed by atoms with van der Waals surface area (Å²) in [7, 11) is 0. The second kappa shape index (κ2) is 8.92. The summed E-state index contributed by atoms with van der Waals surface area (Å²) in [5.41, 5.74) is 2.56. The molecule has 0 aliphatic carbocycles. The van der Waals surface area contributed by atoms with Crippen molar-refractivity contribution < 1.29 is 4.79 Å². The van der Waals surface area contributed by atoms with Gasteiger partial charge in [-0.1, -0.05) is 26.0 Å². The van der Waals surface area contributed by atoms with E-state index in [1.807, 2.05) is 4.90 Å². The van der Waals surface area contributed by atoms with Crippen molar-refractivity contribution in [3.8, 4) is 0 Å². The number of anilines is 1. The van der Waals surface area contributed by atoms with E-state index in [2.05, 4.69) is 55.3 Å². The molecule has 4 nitrogen and oxygen atoms in total. The van der Waals surface area contributed by atoms with Gasteiger partial charge in [-0.2, -0.15) is 0 Å². The number of benzene rings is 1. The molecule has 23 heavy (non-hydrogen) atoms. The predicted molar refractivity (Wildman–Crippen MR) is 96.9 cm³/mol. The van der Waals surface area contributed by atoms with Crippen molar-refractivity contribution in [2.75, 3.05) is 44.2 Å². The maximum absolute atomic E-state index is 12.3. The van der Waals surface area contributed by atoms with E-state index in [1.165, 1.54) is 17.7 Å². The average Bonchev–Trinajstić information content (AvgIpc) is 2.54. The van der Waals surface area contributed by atoms with E-state index < -0.39 is 0 Å². The highest BCUT2D eigenvalue weighted by Crippen LogP contribution is 2.17. The molecule has 1 aliphatic heterocycles. The van der Waals surface area contributed by atoms with Crippen LogP contribution in [0.5, 0.6) is 0 Å². The van der Waals surface area contributed by atoms with Crippen molar-refractivity contribution in [2.45, 2.75) is 33.6 Å². The van der Waals surface area contributed by atoms with E-state index in [1.54, 1.807) is 0 Å². The highest BCUT2D eigenvalue weighted by atomic mass is 16.2. The standard InChI is InChI=1S/C19H31N3O/c1-16(2)7-9-20-10-8-19(23)22-13-11-21(12-14-22)18-6-4-5-17(3)15-18/h4-6,15-16,20H,7-14H2,1-3H3. The van der Waals surface area contributed by atoms with E-state index >= 15 is 0 Å². The van der Waals surface area contributed by atoms with Gasteiger partial charge in [-0.3, -0.25) is 4.79 Å². The number of hydrogen-bond acceptors (Lipinski definition) is 3. The Labute approximate surface area is 140 Å². The minimum absolute atomic E-state index is 0.283. The van der Waals surface area contributed by atoms with Gasteiger partial charge in [0, 0.05) is 44.8 Å². The fourth-order valence-electron chi connectivity index (χ4n) is 2.91. The molecule has 1 aromatic rings. The quantitative estimate of drug-likeness (QED) is 0.785. The largest absolute Gasteiger partial charge is 0.368 e. The zero-order valence-corrected chi connectivity index (χ0v) is 14.8. The zero-order valence-electron chi connectivity index (χ0n) is 14.8. The van der Waals surface area contributed by atoms with Gasteiger partial charge in [-0.15, -0.1) is 0 Å². The van der Waals surface area contributed by atoms with Gasteiger partial charge in [-0.05, 0) is 43.5 Å². The van der Waals surface area contributed by atoms with Crippen LogP contribution in [0.1, 0.15) is 32.3 Å². The topological polar surface area (TPSA) is 35.6 Å². The first-order valence-corrected chi connectivity index (χ1v) is 8.86. The Morgan fingerprint density at radius 2 is 1.91 bits per heavy atom. The number of rotatable bonds is 7. The molecule has 0 bridgehead atoms. The van der Waals surface area contributed by atoms with E-state index in [-0.39, 0.29) is 5.91 Å². The van der Waals surface area contributed by atoms with Gasteiger partial charge >= 0.3 is 0 Å². The SMILES string of the molecule is Cc1cccc(N2CCN(C(=O)CCNCCC(C)C)CC2)c1. The fourth-order valence-corrected chi connectivity index (χ4v) is 2.91. The van der Waals surface area contributed by atoms with Crippen molar-refractivity contribution in [2.24, 2.45) is 5.92 Å². The lowest BCUT2D eigenvalue weighted by molar-refractivity contribution is -0.131. The molecule has 0 unspecified atom stereocenters. The smallest absolute Gasteiger partial charge is 0.223 e. The van der Waals surface area contributed by atoms with Crippen LogP contribution in [-0.4, -0.2) is 50.1 Å². The Morgan fingerprint density at radius 3 is 2.57 bits per heavy atom. The summed E-state index contributed by atoms with van der Waals surface area (Å²) in [6, 6.07) is 8.60. The van der Waals surface area contributed by atoms with Crippen LogP contribution in [0.3, 0.4) is 0 Å². The van der Waals surface area contributed by atoms with Crippen LogP contribution in [0.2, 0.25) is 0 Å². The maximum atomic E-state index is 12.3. The summed E-state index contributed by atoms with van der Waals surface area (Å²) in [6.07, 6.45) is 1.78. The minimum Gasteiger partial charge on any atom is -0.368 e. The number of aryl methyl sites for hydroxylation is 1. The molecule has 1 heterocycles. The maximum Gasteiger partial charge on any atom is 0.223 e. The van der Waals surface area contributed by atoms with Crippen molar-refractivity contribution in [3.05, 3.63) is 29.8 Å². The first-order chi connectivity index (χ1) is 11.1. The molecule has 1 aromatic carbocycles. The van der Waals surface area contributed by atoms with Gasteiger partial charge in [0.2, 0.25) is 5.91 Å². The Balaban J connectivity index is 1.68. The highest BCUT2D eigenvalue weighted by Gasteiger charge is 2.20. The molecule has 4 heteroatoms. The van der Waals surface area contributed by atoms with Crippen LogP contribution in [0, 0.1) is 12.8 Å². The number of carbonyl (C=O) groups excluding carboxylic acids is 1. The van der Waals surface area contributed by atoms with Gasteiger partial charge in [-0.25, -0.2) is 0 Å². The minimum atomic E-state index is 0.283. The van der Waals surface area contributed by atoms with Crippen molar-refractivity contribution in [3.63, 3.8) is 0 Å². The summed E-state index contributed by atoms with van der Waals surface area (Å²) in [5.74, 6) is 0.999. The third-order valence-corrected chi connectivity index (χ3v) is 4.41. The molecule has 1 fully saturated rings. The lowest BCUT2D eigenvalue weighted by atomic mass is 10.1. The summed E-state index contributed by atoms with van der Waals surface area (Å²) >= 11 is 0. The summed E-state index contributed by atoms with van der Waals surface area (Å²) < 4.78 is 0. The van der Waals surface area contributed by atoms with Crippen LogP contribution >= 0.6 is 0 Å². The van der Waals surface area contributed by atoms with Crippen molar-refractivity contribution in [1.82, 2.24) is 10.2 Å². The molecule has 128 valence electrons. The number of carbonyl (C=O) groups is 1. The van der Waals surface area contributed by atoms with Gasteiger partial charge in [0.1, 0.15) is 0 Å². The lowest BCUT2D eigenvalue weighted by Gasteiger charge is -2.36. The number of nitrogens with one attached hydrogen (secondary N) is 1. The lowest BCUT2D eigenvalue weighted by Crippen LogP contribution is -2.49. The van der Waals surface area contributed by atoms with Crippen LogP contribution in [0.15, 0.2) is 24.3 Å². The average molecular weight is 317 g/mol. The van der Waals surface area contributed by atoms with Crippen LogP contribution in [0.25, 0.3) is 0 Å². The third kappa shape index (κ3) is 5.87. The first-order valence-electron chi connectivity index (χ1n) is 8.86. The summed E-state index contributed by atoms with van der Waals surface area (Å²) in [4.78, 5) is 16.6. The third-order valence-electron chi connectivity index (χ3n) is 4.41. The second-order valence-corrected chi connectivity index (χ2v) is 6.89. The van der Waals surface area contributed by atoms with Gasteiger partial charge in [0.05, 0.1) is 0 Å². The van der Waals surface area contributed by atoms with E-state index in [0.717, 1.165) is 39.3 Å². The molecule has 1 amide bonds. The molecular weight excluding hydrogens is 286 g/mol. The predicted octanol–water partition coefficient (Wildman–Crippen LogP) is 2.67. The summed E-state index contributed by atoms with van der Waals surface area (Å²) in [6.45, 7) is 11.9. The monoisotopic (exact) mass is 317 g/mol. The zero-order chi connectivity index (χ0) is 16.7. The van der Waals surface area contributed by atoms with Crippen LogP contribution in [-0.2, 0) is 4.79 Å².